The topological polar surface area (TPSA) is 58.8 Å². The van der Waals surface area contributed by atoms with Gasteiger partial charge in [-0.2, -0.15) is 0 Å². The molecule has 0 radical (unpaired) electrons. The van der Waals surface area contributed by atoms with Crippen LogP contribution < -0.4 is 5.73 Å². The summed E-state index contributed by atoms with van der Waals surface area (Å²) >= 11 is 0. The molecule has 1 amide bonds. The van der Waals surface area contributed by atoms with Gasteiger partial charge in [-0.25, -0.2) is 0 Å². The van der Waals surface area contributed by atoms with Crippen LogP contribution in [0.15, 0.2) is 24.3 Å². The van der Waals surface area contributed by atoms with E-state index in [4.69, 9.17) is 10.5 Å². The fourth-order valence-electron chi connectivity index (χ4n) is 2.52. The van der Waals surface area contributed by atoms with Crippen molar-refractivity contribution >= 4 is 11.6 Å². The minimum Gasteiger partial charge on any atom is -0.399 e. The van der Waals surface area contributed by atoms with Crippen LogP contribution in [-0.2, 0) is 16.1 Å². The Kier molecular flexibility index (Phi) is 6.02. The Morgan fingerprint density at radius 1 is 1.29 bits per heavy atom. The molecule has 0 bridgehead atoms. The third kappa shape index (κ3) is 5.02. The van der Waals surface area contributed by atoms with Gasteiger partial charge < -0.3 is 15.4 Å². The van der Waals surface area contributed by atoms with Crippen molar-refractivity contribution in [2.24, 2.45) is 0 Å². The van der Waals surface area contributed by atoms with Crippen molar-refractivity contribution in [3.05, 3.63) is 29.8 Å². The Morgan fingerprint density at radius 2 is 1.95 bits per heavy atom. The first-order chi connectivity index (χ1) is 10.2. The number of anilines is 1. The number of hydrogen-bond acceptors (Lipinski definition) is 4. The third-order valence-corrected chi connectivity index (χ3v) is 3.65. The smallest absolute Gasteiger partial charge is 0.236 e. The second kappa shape index (κ2) is 8.00. The predicted octanol–water partition coefficient (Wildman–Crippen LogP) is 1.34. The summed E-state index contributed by atoms with van der Waals surface area (Å²) < 4.78 is 5.29. The van der Waals surface area contributed by atoms with Gasteiger partial charge in [0.05, 0.1) is 19.8 Å². The second-order valence-corrected chi connectivity index (χ2v) is 5.45. The number of rotatable bonds is 6. The third-order valence-electron chi connectivity index (χ3n) is 3.65. The van der Waals surface area contributed by atoms with Gasteiger partial charge in [-0.1, -0.05) is 19.1 Å². The molecule has 21 heavy (non-hydrogen) atoms. The fraction of sp³-hybridized carbons (Fsp3) is 0.562. The highest BCUT2D eigenvalue weighted by Gasteiger charge is 2.19. The average Bonchev–Trinajstić information content (AvgIpc) is 2.50. The Morgan fingerprint density at radius 3 is 2.57 bits per heavy atom. The van der Waals surface area contributed by atoms with Gasteiger partial charge in [0, 0.05) is 25.3 Å². The standard InChI is InChI=1S/C16H25N3O2/c1-2-7-18(12-14-3-5-15(17)6-4-14)13-16(20)19-8-10-21-11-9-19/h3-6H,2,7-13,17H2,1H3. The maximum absolute atomic E-state index is 12.3. The lowest BCUT2D eigenvalue weighted by Gasteiger charge is -2.30. The molecule has 0 unspecified atom stereocenters. The molecule has 0 atom stereocenters. The van der Waals surface area contributed by atoms with Crippen molar-refractivity contribution < 1.29 is 9.53 Å². The lowest BCUT2D eigenvalue weighted by Crippen LogP contribution is -2.45. The highest BCUT2D eigenvalue weighted by molar-refractivity contribution is 5.78. The summed E-state index contributed by atoms with van der Waals surface area (Å²) in [5.74, 6) is 0.196. The van der Waals surface area contributed by atoms with Gasteiger partial charge >= 0.3 is 0 Å². The molecule has 1 aromatic carbocycles. The normalized spacial score (nSPS) is 15.4. The zero-order chi connectivity index (χ0) is 15.1. The number of nitrogen functional groups attached to an aromatic ring is 1. The number of carbonyl (C=O) groups is 1. The van der Waals surface area contributed by atoms with E-state index in [1.165, 1.54) is 5.56 Å². The highest BCUT2D eigenvalue weighted by atomic mass is 16.5. The Bertz CT molecular complexity index is 441. The summed E-state index contributed by atoms with van der Waals surface area (Å²) in [5, 5.41) is 0. The Balaban J connectivity index is 1.91. The van der Waals surface area contributed by atoms with Crippen molar-refractivity contribution in [1.29, 1.82) is 0 Å². The van der Waals surface area contributed by atoms with Crippen LogP contribution in [0.2, 0.25) is 0 Å². The maximum Gasteiger partial charge on any atom is 0.236 e. The largest absolute Gasteiger partial charge is 0.399 e. The molecule has 1 heterocycles. The van der Waals surface area contributed by atoms with Crippen LogP contribution in [0, 0.1) is 0 Å². The van der Waals surface area contributed by atoms with E-state index in [1.54, 1.807) is 0 Å². The first-order valence-electron chi connectivity index (χ1n) is 7.61. The van der Waals surface area contributed by atoms with Crippen molar-refractivity contribution in [2.45, 2.75) is 19.9 Å². The van der Waals surface area contributed by atoms with Gasteiger partial charge in [0.1, 0.15) is 0 Å². The number of morpholine rings is 1. The minimum absolute atomic E-state index is 0.196. The van der Waals surface area contributed by atoms with E-state index < -0.39 is 0 Å². The van der Waals surface area contributed by atoms with Gasteiger partial charge in [-0.15, -0.1) is 0 Å². The fourth-order valence-corrected chi connectivity index (χ4v) is 2.52. The van der Waals surface area contributed by atoms with Crippen LogP contribution in [0.25, 0.3) is 0 Å². The summed E-state index contributed by atoms with van der Waals surface area (Å²) in [7, 11) is 0. The molecule has 0 aliphatic carbocycles. The molecule has 1 aliphatic heterocycles. The first kappa shape index (κ1) is 15.8. The first-order valence-corrected chi connectivity index (χ1v) is 7.61. The van der Waals surface area contributed by atoms with E-state index >= 15 is 0 Å². The Labute approximate surface area is 126 Å². The van der Waals surface area contributed by atoms with Crippen LogP contribution in [0.3, 0.4) is 0 Å². The van der Waals surface area contributed by atoms with Crippen molar-refractivity contribution in [2.75, 3.05) is 45.1 Å². The van der Waals surface area contributed by atoms with Crippen LogP contribution >= 0.6 is 0 Å². The van der Waals surface area contributed by atoms with E-state index in [9.17, 15) is 4.79 Å². The number of hydrogen-bond donors (Lipinski definition) is 1. The zero-order valence-electron chi connectivity index (χ0n) is 12.8. The molecule has 2 N–H and O–H groups in total. The van der Waals surface area contributed by atoms with Gasteiger partial charge in [0.15, 0.2) is 0 Å². The zero-order valence-corrected chi connectivity index (χ0v) is 12.8. The molecule has 116 valence electrons. The number of carbonyl (C=O) groups excluding carboxylic acids is 1. The minimum atomic E-state index is 0.196. The molecule has 1 aliphatic rings. The molecule has 5 nitrogen and oxygen atoms in total. The Hall–Kier alpha value is -1.59. The quantitative estimate of drug-likeness (QED) is 0.804. The SMILES string of the molecule is CCCN(CC(=O)N1CCOCC1)Cc1ccc(N)cc1. The highest BCUT2D eigenvalue weighted by Crippen LogP contribution is 2.10. The lowest BCUT2D eigenvalue weighted by molar-refractivity contribution is -0.136. The summed E-state index contributed by atoms with van der Waals surface area (Å²) in [6, 6.07) is 7.86. The maximum atomic E-state index is 12.3. The van der Waals surface area contributed by atoms with Gasteiger partial charge in [0.2, 0.25) is 5.91 Å². The van der Waals surface area contributed by atoms with Gasteiger partial charge in [-0.3, -0.25) is 9.69 Å². The van der Waals surface area contributed by atoms with Gasteiger partial charge in [0.25, 0.3) is 0 Å². The molecule has 1 aromatic rings. The molecule has 0 saturated carbocycles. The summed E-state index contributed by atoms with van der Waals surface area (Å²) in [4.78, 5) is 16.4. The van der Waals surface area contributed by atoms with Crippen LogP contribution in [0.4, 0.5) is 5.69 Å². The van der Waals surface area contributed by atoms with Gasteiger partial charge in [-0.05, 0) is 30.7 Å². The number of amides is 1. The van der Waals surface area contributed by atoms with E-state index in [1.807, 2.05) is 29.2 Å². The number of benzene rings is 1. The van der Waals surface area contributed by atoms with E-state index in [-0.39, 0.29) is 5.91 Å². The number of ether oxygens (including phenoxy) is 1. The summed E-state index contributed by atoms with van der Waals surface area (Å²) in [6.07, 6.45) is 1.03. The number of nitrogens with two attached hydrogens (primary N) is 1. The summed E-state index contributed by atoms with van der Waals surface area (Å²) in [5.41, 5.74) is 7.66. The molecule has 1 fully saturated rings. The molecule has 0 spiro atoms. The van der Waals surface area contributed by atoms with Crippen LogP contribution in [0.1, 0.15) is 18.9 Å². The van der Waals surface area contributed by atoms with E-state index in [0.29, 0.717) is 32.8 Å². The predicted molar refractivity (Wildman–Crippen MR) is 83.8 cm³/mol. The van der Waals surface area contributed by atoms with Crippen LogP contribution in [-0.4, -0.2) is 55.1 Å². The average molecular weight is 291 g/mol. The molecular weight excluding hydrogens is 266 g/mol. The van der Waals surface area contributed by atoms with E-state index in [0.717, 1.165) is 25.2 Å². The second-order valence-electron chi connectivity index (χ2n) is 5.45. The summed E-state index contributed by atoms with van der Waals surface area (Å²) in [6.45, 7) is 7.02. The molecular formula is C16H25N3O2. The van der Waals surface area contributed by atoms with Crippen molar-refractivity contribution in [1.82, 2.24) is 9.80 Å². The number of nitrogens with zero attached hydrogens (tertiary/aromatic N) is 2. The molecule has 5 heteroatoms. The van der Waals surface area contributed by atoms with Crippen LogP contribution in [0.5, 0.6) is 0 Å². The van der Waals surface area contributed by atoms with Crippen molar-refractivity contribution in [3.63, 3.8) is 0 Å². The monoisotopic (exact) mass is 291 g/mol. The van der Waals surface area contributed by atoms with Crippen molar-refractivity contribution in [3.8, 4) is 0 Å². The van der Waals surface area contributed by atoms with E-state index in [2.05, 4.69) is 11.8 Å². The molecule has 1 saturated heterocycles. The molecule has 0 aromatic heterocycles. The molecule has 2 rings (SSSR count). The lowest BCUT2D eigenvalue weighted by atomic mass is 10.2.